The maximum absolute atomic E-state index is 12.4. The van der Waals surface area contributed by atoms with Crippen LogP contribution in [0.15, 0.2) is 23.1 Å². The average molecular weight is 279 g/mol. The monoisotopic (exact) mass is 279 g/mol. The van der Waals surface area contributed by atoms with Gasteiger partial charge in [0.25, 0.3) is 5.91 Å². The minimum atomic E-state index is -0.698. The molecule has 1 aromatic rings. The van der Waals surface area contributed by atoms with Crippen LogP contribution in [0.2, 0.25) is 0 Å². The Balaban J connectivity index is 2.12. The molecule has 1 saturated carbocycles. The molecule has 0 unspecified atom stereocenters. The molecule has 4 heteroatoms. The molecule has 1 fully saturated rings. The Morgan fingerprint density at radius 1 is 1.42 bits per heavy atom. The first-order chi connectivity index (χ1) is 8.91. The van der Waals surface area contributed by atoms with Gasteiger partial charge in [-0.05, 0) is 37.5 Å². The molecule has 1 aliphatic rings. The molecular weight excluding hydrogens is 258 g/mol. The zero-order chi connectivity index (χ0) is 14.0. The highest BCUT2D eigenvalue weighted by atomic mass is 32.1. The third-order valence-corrected chi connectivity index (χ3v) is 4.14. The van der Waals surface area contributed by atoms with E-state index in [0.717, 1.165) is 36.1 Å². The van der Waals surface area contributed by atoms with Gasteiger partial charge in [-0.3, -0.25) is 4.79 Å². The van der Waals surface area contributed by atoms with Crippen molar-refractivity contribution in [2.75, 3.05) is 13.6 Å². The minimum absolute atomic E-state index is 0.0475. The largest absolute Gasteiger partial charge is 0.388 e. The molecule has 19 heavy (non-hydrogen) atoms. The highest BCUT2D eigenvalue weighted by molar-refractivity contribution is 7.80. The Morgan fingerprint density at radius 2 is 2.05 bits per heavy atom. The summed E-state index contributed by atoms with van der Waals surface area (Å²) in [5, 5.41) is 10.4. The van der Waals surface area contributed by atoms with Gasteiger partial charge in [0.15, 0.2) is 0 Å². The highest BCUT2D eigenvalue weighted by Crippen LogP contribution is 2.30. The van der Waals surface area contributed by atoms with Crippen LogP contribution in [-0.2, 0) is 0 Å². The van der Waals surface area contributed by atoms with Crippen molar-refractivity contribution in [2.24, 2.45) is 0 Å². The molecule has 1 N–H and O–H groups in total. The first kappa shape index (κ1) is 14.4. The number of thiol groups is 1. The van der Waals surface area contributed by atoms with Crippen molar-refractivity contribution in [2.45, 2.75) is 43.1 Å². The van der Waals surface area contributed by atoms with Crippen LogP contribution in [0.3, 0.4) is 0 Å². The molecule has 0 aromatic heterocycles. The molecule has 1 amide bonds. The molecule has 0 atom stereocenters. The normalized spacial score (nSPS) is 17.5. The van der Waals surface area contributed by atoms with E-state index in [1.807, 2.05) is 19.1 Å². The van der Waals surface area contributed by atoms with Crippen LogP contribution in [0.1, 0.15) is 41.6 Å². The van der Waals surface area contributed by atoms with E-state index in [0.29, 0.717) is 12.1 Å². The zero-order valence-corrected chi connectivity index (χ0v) is 12.4. The van der Waals surface area contributed by atoms with E-state index < -0.39 is 5.60 Å². The Hall–Kier alpha value is -1.00. The Bertz CT molecular complexity index is 481. The van der Waals surface area contributed by atoms with E-state index in [9.17, 15) is 9.90 Å². The smallest absolute Gasteiger partial charge is 0.254 e. The van der Waals surface area contributed by atoms with Crippen LogP contribution in [0.5, 0.6) is 0 Å². The number of likely N-dealkylation sites (N-methyl/N-ethyl adjacent to an activating group) is 1. The van der Waals surface area contributed by atoms with Crippen molar-refractivity contribution in [1.82, 2.24) is 4.90 Å². The molecule has 0 spiro atoms. The fourth-order valence-electron chi connectivity index (χ4n) is 2.75. The summed E-state index contributed by atoms with van der Waals surface area (Å²) in [6.07, 6.45) is 3.67. The first-order valence-corrected chi connectivity index (χ1v) is 7.13. The number of hydrogen-bond donors (Lipinski definition) is 2. The minimum Gasteiger partial charge on any atom is -0.388 e. The van der Waals surface area contributed by atoms with E-state index in [1.165, 1.54) is 0 Å². The average Bonchev–Trinajstić information content (AvgIpc) is 2.78. The standard InChI is InChI=1S/C15H21NO2S/c1-11-5-6-12(19)9-13(11)14(17)16(2)10-15(18)7-3-4-8-15/h5-6,9,18-19H,3-4,7-8,10H2,1-2H3. The molecule has 0 saturated heterocycles. The van der Waals surface area contributed by atoms with Gasteiger partial charge in [0.1, 0.15) is 0 Å². The number of carbonyl (C=O) groups is 1. The number of aryl methyl sites for hydroxylation is 1. The second-order valence-electron chi connectivity index (χ2n) is 5.59. The van der Waals surface area contributed by atoms with E-state index >= 15 is 0 Å². The Morgan fingerprint density at radius 3 is 2.68 bits per heavy atom. The van der Waals surface area contributed by atoms with Gasteiger partial charge >= 0.3 is 0 Å². The van der Waals surface area contributed by atoms with Crippen molar-refractivity contribution in [1.29, 1.82) is 0 Å². The van der Waals surface area contributed by atoms with Gasteiger partial charge in [-0.25, -0.2) is 0 Å². The first-order valence-electron chi connectivity index (χ1n) is 6.69. The summed E-state index contributed by atoms with van der Waals surface area (Å²) in [5.41, 5.74) is 0.904. The molecule has 3 nitrogen and oxygen atoms in total. The van der Waals surface area contributed by atoms with Crippen molar-refractivity contribution in [3.8, 4) is 0 Å². The maximum atomic E-state index is 12.4. The van der Waals surface area contributed by atoms with Gasteiger partial charge in [-0.2, -0.15) is 0 Å². The number of nitrogens with zero attached hydrogens (tertiary/aromatic N) is 1. The Kier molecular flexibility index (Phi) is 4.21. The second-order valence-corrected chi connectivity index (χ2v) is 6.11. The van der Waals surface area contributed by atoms with Crippen LogP contribution in [-0.4, -0.2) is 35.1 Å². The third kappa shape index (κ3) is 3.31. The summed E-state index contributed by atoms with van der Waals surface area (Å²) in [6, 6.07) is 5.56. The number of carbonyl (C=O) groups excluding carboxylic acids is 1. The summed E-state index contributed by atoms with van der Waals surface area (Å²) >= 11 is 4.28. The lowest BCUT2D eigenvalue weighted by atomic mass is 10.0. The van der Waals surface area contributed by atoms with Crippen LogP contribution in [0.4, 0.5) is 0 Å². The Labute approximate surface area is 120 Å². The molecule has 2 rings (SSSR count). The molecule has 1 aromatic carbocycles. The lowest BCUT2D eigenvalue weighted by molar-refractivity contribution is 0.0156. The molecular formula is C15H21NO2S. The zero-order valence-electron chi connectivity index (χ0n) is 11.5. The quantitative estimate of drug-likeness (QED) is 0.835. The maximum Gasteiger partial charge on any atom is 0.254 e. The number of aliphatic hydroxyl groups is 1. The molecule has 0 heterocycles. The lowest BCUT2D eigenvalue weighted by Crippen LogP contribution is -2.42. The van der Waals surface area contributed by atoms with Crippen molar-refractivity contribution in [3.05, 3.63) is 29.3 Å². The predicted molar refractivity (Wildman–Crippen MR) is 78.8 cm³/mol. The van der Waals surface area contributed by atoms with E-state index in [2.05, 4.69) is 12.6 Å². The van der Waals surface area contributed by atoms with Gasteiger partial charge in [-0.15, -0.1) is 12.6 Å². The highest BCUT2D eigenvalue weighted by Gasteiger charge is 2.33. The van der Waals surface area contributed by atoms with Crippen molar-refractivity contribution < 1.29 is 9.90 Å². The van der Waals surface area contributed by atoms with Gasteiger partial charge in [0.05, 0.1) is 5.60 Å². The predicted octanol–water partition coefficient (Wildman–Crippen LogP) is 2.66. The van der Waals surface area contributed by atoms with Crippen LogP contribution in [0, 0.1) is 6.92 Å². The fraction of sp³-hybridized carbons (Fsp3) is 0.533. The molecule has 0 bridgehead atoms. The van der Waals surface area contributed by atoms with Crippen LogP contribution >= 0.6 is 12.6 Å². The summed E-state index contributed by atoms with van der Waals surface area (Å²) in [4.78, 5) is 14.8. The molecule has 0 aliphatic heterocycles. The third-order valence-electron chi connectivity index (χ3n) is 3.86. The summed E-state index contributed by atoms with van der Waals surface area (Å²) < 4.78 is 0. The van der Waals surface area contributed by atoms with E-state index in [1.54, 1.807) is 18.0 Å². The van der Waals surface area contributed by atoms with Gasteiger partial charge in [0, 0.05) is 24.1 Å². The van der Waals surface area contributed by atoms with Gasteiger partial charge in [-0.1, -0.05) is 18.9 Å². The van der Waals surface area contributed by atoms with E-state index in [4.69, 9.17) is 0 Å². The summed E-state index contributed by atoms with van der Waals surface area (Å²) in [5.74, 6) is -0.0475. The van der Waals surface area contributed by atoms with Crippen LogP contribution in [0.25, 0.3) is 0 Å². The van der Waals surface area contributed by atoms with Crippen molar-refractivity contribution in [3.63, 3.8) is 0 Å². The van der Waals surface area contributed by atoms with Gasteiger partial charge in [0.2, 0.25) is 0 Å². The summed E-state index contributed by atoms with van der Waals surface area (Å²) in [7, 11) is 1.75. The fourth-order valence-corrected chi connectivity index (χ4v) is 2.95. The lowest BCUT2D eigenvalue weighted by Gasteiger charge is -2.29. The molecule has 104 valence electrons. The summed E-state index contributed by atoms with van der Waals surface area (Å²) in [6.45, 7) is 2.32. The van der Waals surface area contributed by atoms with Crippen molar-refractivity contribution >= 4 is 18.5 Å². The second kappa shape index (κ2) is 5.55. The molecule has 0 radical (unpaired) electrons. The number of benzene rings is 1. The van der Waals surface area contributed by atoms with Crippen LogP contribution < -0.4 is 0 Å². The topological polar surface area (TPSA) is 40.5 Å². The SMILES string of the molecule is Cc1ccc(S)cc1C(=O)N(C)CC1(O)CCCC1. The molecule has 1 aliphatic carbocycles. The van der Waals surface area contributed by atoms with E-state index in [-0.39, 0.29) is 5.91 Å². The number of amides is 1. The number of hydrogen-bond acceptors (Lipinski definition) is 3. The number of rotatable bonds is 3. The van der Waals surface area contributed by atoms with Gasteiger partial charge < -0.3 is 10.0 Å².